The standard InChI is InChI=1S/C30H32O6S/c1-14(2)23-15(3)21(16(4)31)26(34)30(36)27(35)24-25(33)22-19(11-28(24,5)13-29(23,30)6)18(7-8-20(22)32)17-9-10-37-12-17/h7-10,12,14,21,24,32,36H,11,13H2,1-6H3/t21?,24?,28-,29-,30+/m0/s1. The Labute approximate surface area is 220 Å². The first-order chi connectivity index (χ1) is 17.2. The van der Waals surface area contributed by atoms with Gasteiger partial charge in [-0.15, -0.1) is 0 Å². The normalized spacial score (nSPS) is 33.4. The van der Waals surface area contributed by atoms with Gasteiger partial charge in [0.05, 0.1) is 11.5 Å². The third kappa shape index (κ3) is 3.13. The quantitative estimate of drug-likeness (QED) is 0.438. The van der Waals surface area contributed by atoms with Crippen LogP contribution in [0.4, 0.5) is 0 Å². The monoisotopic (exact) mass is 520 g/mol. The van der Waals surface area contributed by atoms with Crippen molar-refractivity contribution >= 4 is 34.5 Å². The summed E-state index contributed by atoms with van der Waals surface area (Å²) in [6.07, 6.45) is 0.530. The number of benzene rings is 1. The van der Waals surface area contributed by atoms with Crippen LogP contribution in [0.15, 0.2) is 40.1 Å². The van der Waals surface area contributed by atoms with Crippen LogP contribution >= 0.6 is 11.3 Å². The van der Waals surface area contributed by atoms with Gasteiger partial charge < -0.3 is 10.2 Å². The summed E-state index contributed by atoms with van der Waals surface area (Å²) in [5.74, 6) is -5.62. The molecule has 5 rings (SSSR count). The van der Waals surface area contributed by atoms with Gasteiger partial charge in [0.25, 0.3) is 0 Å². The second kappa shape index (κ2) is 8.05. The van der Waals surface area contributed by atoms with Crippen LogP contribution in [0.2, 0.25) is 0 Å². The van der Waals surface area contributed by atoms with Crippen LogP contribution in [0.25, 0.3) is 11.1 Å². The van der Waals surface area contributed by atoms with Gasteiger partial charge in [-0.3, -0.25) is 19.2 Å². The molecule has 3 aliphatic carbocycles. The number of phenolic OH excluding ortho intramolecular Hbond substituents is 1. The lowest BCUT2D eigenvalue weighted by Crippen LogP contribution is -2.73. The smallest absolute Gasteiger partial charge is 0.192 e. The Kier molecular flexibility index (Phi) is 5.60. The van der Waals surface area contributed by atoms with Crippen molar-refractivity contribution < 1.29 is 29.4 Å². The van der Waals surface area contributed by atoms with Gasteiger partial charge in [0.2, 0.25) is 0 Å². The van der Waals surface area contributed by atoms with E-state index in [1.807, 2.05) is 37.6 Å². The maximum atomic E-state index is 14.3. The van der Waals surface area contributed by atoms with Crippen LogP contribution < -0.4 is 0 Å². The van der Waals surface area contributed by atoms with E-state index in [0.717, 1.165) is 16.7 Å². The maximum absolute atomic E-state index is 14.3. The first kappa shape index (κ1) is 25.7. The number of carbonyl (C=O) groups is 4. The predicted octanol–water partition coefficient (Wildman–Crippen LogP) is 4.95. The molecule has 2 N–H and O–H groups in total. The van der Waals surface area contributed by atoms with E-state index in [1.54, 1.807) is 19.9 Å². The maximum Gasteiger partial charge on any atom is 0.192 e. The van der Waals surface area contributed by atoms with Gasteiger partial charge in [0.15, 0.2) is 23.0 Å². The summed E-state index contributed by atoms with van der Waals surface area (Å²) in [6.45, 7) is 10.5. The molecule has 0 saturated heterocycles. The number of rotatable bonds is 3. The fraction of sp³-hybridized carbons (Fsp3) is 0.467. The minimum atomic E-state index is -2.51. The summed E-state index contributed by atoms with van der Waals surface area (Å²) in [5, 5.41) is 26.8. The average Bonchev–Trinajstić information content (AvgIpc) is 3.30. The molecule has 1 aromatic heterocycles. The summed E-state index contributed by atoms with van der Waals surface area (Å²) >= 11 is 1.53. The van der Waals surface area contributed by atoms with E-state index in [-0.39, 0.29) is 23.7 Å². The van der Waals surface area contributed by atoms with E-state index >= 15 is 0 Å². The average molecular weight is 521 g/mol. The van der Waals surface area contributed by atoms with Gasteiger partial charge in [0.1, 0.15) is 17.5 Å². The molecule has 6 nitrogen and oxygen atoms in total. The number of aliphatic hydroxyl groups is 1. The van der Waals surface area contributed by atoms with Gasteiger partial charge in [-0.25, -0.2) is 0 Å². The van der Waals surface area contributed by atoms with Gasteiger partial charge in [-0.2, -0.15) is 11.3 Å². The van der Waals surface area contributed by atoms with Crippen LogP contribution in [0.1, 0.15) is 63.9 Å². The Morgan fingerprint density at radius 2 is 1.78 bits per heavy atom. The minimum Gasteiger partial charge on any atom is -0.507 e. The highest BCUT2D eigenvalue weighted by molar-refractivity contribution is 7.08. The molecule has 7 heteroatoms. The number of Topliss-reactive ketones (excluding diaryl/α,β-unsaturated/α-hetero) is 4. The number of fused-ring (bicyclic) bond motifs is 3. The molecule has 1 saturated carbocycles. The van der Waals surface area contributed by atoms with E-state index in [0.29, 0.717) is 17.6 Å². The molecule has 1 heterocycles. The van der Waals surface area contributed by atoms with E-state index in [1.165, 1.54) is 24.3 Å². The highest BCUT2D eigenvalue weighted by Crippen LogP contribution is 2.64. The van der Waals surface area contributed by atoms with Crippen LogP contribution in [0, 0.1) is 28.6 Å². The molecule has 0 spiro atoms. The predicted molar refractivity (Wildman–Crippen MR) is 140 cm³/mol. The lowest BCUT2D eigenvalue weighted by molar-refractivity contribution is -0.183. The minimum absolute atomic E-state index is 0.0777. The van der Waals surface area contributed by atoms with Gasteiger partial charge in [-0.05, 0) is 77.6 Å². The van der Waals surface area contributed by atoms with Gasteiger partial charge >= 0.3 is 0 Å². The van der Waals surface area contributed by atoms with Crippen LogP contribution in [-0.4, -0.2) is 38.9 Å². The molecule has 1 fully saturated rings. The van der Waals surface area contributed by atoms with Crippen LogP contribution in [-0.2, 0) is 20.8 Å². The van der Waals surface area contributed by atoms with Crippen LogP contribution in [0.5, 0.6) is 5.75 Å². The highest BCUT2D eigenvalue weighted by atomic mass is 32.1. The largest absolute Gasteiger partial charge is 0.507 e. The molecule has 0 aliphatic heterocycles. The number of phenols is 1. The Morgan fingerprint density at radius 3 is 2.35 bits per heavy atom. The van der Waals surface area contributed by atoms with Crippen molar-refractivity contribution in [2.45, 2.75) is 60.0 Å². The second-order valence-corrected chi connectivity index (χ2v) is 12.6. The van der Waals surface area contributed by atoms with Gasteiger partial charge in [-0.1, -0.05) is 44.9 Å². The molecular formula is C30H32O6S. The molecule has 194 valence electrons. The Morgan fingerprint density at radius 1 is 1.11 bits per heavy atom. The first-order valence-electron chi connectivity index (χ1n) is 12.6. The van der Waals surface area contributed by atoms with E-state index in [9.17, 15) is 29.4 Å². The van der Waals surface area contributed by atoms with Crippen molar-refractivity contribution in [2.75, 3.05) is 0 Å². The fourth-order valence-electron chi connectivity index (χ4n) is 8.03. The molecule has 0 amide bonds. The molecule has 2 unspecified atom stereocenters. The first-order valence-corrected chi connectivity index (χ1v) is 13.6. The number of ketones is 4. The van der Waals surface area contributed by atoms with E-state index in [4.69, 9.17) is 0 Å². The SMILES string of the molecule is CC(=O)C1C(=O)[C@@]2(O)C(=O)C3C(=O)c4c(O)ccc(-c5ccsc5)c4C[C@@]3(C)C[C@@]2(C)C(C(C)C)=C1C. The molecule has 3 aliphatic rings. The van der Waals surface area contributed by atoms with E-state index < -0.39 is 51.4 Å². The second-order valence-electron chi connectivity index (χ2n) is 11.9. The topological polar surface area (TPSA) is 109 Å². The molecule has 2 aromatic rings. The van der Waals surface area contributed by atoms with Crippen molar-refractivity contribution in [1.82, 2.24) is 0 Å². The fourth-order valence-corrected chi connectivity index (χ4v) is 8.68. The molecule has 0 bridgehead atoms. The number of hydrogen-bond donors (Lipinski definition) is 2. The molecular weight excluding hydrogens is 488 g/mol. The number of allylic oxidation sites excluding steroid dienone is 1. The summed E-state index contributed by atoms with van der Waals surface area (Å²) in [6, 6.07) is 5.20. The van der Waals surface area contributed by atoms with Crippen molar-refractivity contribution in [1.29, 1.82) is 0 Å². The zero-order valence-electron chi connectivity index (χ0n) is 22.0. The molecule has 37 heavy (non-hydrogen) atoms. The lowest BCUT2D eigenvalue weighted by atomic mass is 9.41. The van der Waals surface area contributed by atoms with Crippen molar-refractivity contribution in [3.05, 3.63) is 51.2 Å². The Hall–Kier alpha value is -2.90. The van der Waals surface area contributed by atoms with Crippen molar-refractivity contribution in [3.63, 3.8) is 0 Å². The molecule has 0 radical (unpaired) electrons. The number of aromatic hydroxyl groups is 1. The number of hydrogen-bond acceptors (Lipinski definition) is 7. The van der Waals surface area contributed by atoms with Crippen molar-refractivity contribution in [3.8, 4) is 16.9 Å². The Bertz CT molecular complexity index is 1420. The third-order valence-corrected chi connectivity index (χ3v) is 9.82. The number of thiophene rings is 1. The zero-order valence-corrected chi connectivity index (χ0v) is 22.8. The van der Waals surface area contributed by atoms with Crippen molar-refractivity contribution in [2.24, 2.45) is 28.6 Å². The molecule has 5 atom stereocenters. The van der Waals surface area contributed by atoms with E-state index in [2.05, 4.69) is 0 Å². The lowest BCUT2D eigenvalue weighted by Gasteiger charge is -2.60. The summed E-state index contributed by atoms with van der Waals surface area (Å²) < 4.78 is 0. The summed E-state index contributed by atoms with van der Waals surface area (Å²) in [4.78, 5) is 54.8. The molecule has 1 aromatic carbocycles. The highest BCUT2D eigenvalue weighted by Gasteiger charge is 2.73. The Balaban J connectivity index is 1.78. The zero-order chi connectivity index (χ0) is 27.2. The van der Waals surface area contributed by atoms with Gasteiger partial charge in [0, 0.05) is 5.41 Å². The van der Waals surface area contributed by atoms with Crippen LogP contribution in [0.3, 0.4) is 0 Å². The summed E-state index contributed by atoms with van der Waals surface area (Å²) in [7, 11) is 0. The summed E-state index contributed by atoms with van der Waals surface area (Å²) in [5.41, 5.74) is -0.875. The third-order valence-electron chi connectivity index (χ3n) is 9.14. The number of carbonyl (C=O) groups excluding carboxylic acids is 4.